The van der Waals surface area contributed by atoms with E-state index in [2.05, 4.69) is 41.8 Å². The van der Waals surface area contributed by atoms with Crippen molar-refractivity contribution >= 4 is 23.0 Å². The van der Waals surface area contributed by atoms with Crippen LogP contribution in [0, 0.1) is 0 Å². The Kier molecular flexibility index (Phi) is 4.37. The van der Waals surface area contributed by atoms with Crippen LogP contribution < -0.4 is 10.6 Å². The Bertz CT molecular complexity index is 386. The first-order valence-corrected chi connectivity index (χ1v) is 6.86. The molecule has 2 nitrogen and oxygen atoms in total. The van der Waals surface area contributed by atoms with E-state index in [9.17, 15) is 0 Å². The maximum Gasteiger partial charge on any atom is 0.171 e. The lowest BCUT2D eigenvalue weighted by atomic mass is 10.1. The molecule has 2 N–H and O–H groups in total. The quantitative estimate of drug-likeness (QED) is 0.780. The number of thiocarbonyl (C=S) groups is 1. The van der Waals surface area contributed by atoms with Crippen LogP contribution in [-0.2, 0) is 6.42 Å². The van der Waals surface area contributed by atoms with Gasteiger partial charge in [-0.3, -0.25) is 0 Å². The van der Waals surface area contributed by atoms with Crippen molar-refractivity contribution in [3.05, 3.63) is 29.8 Å². The molecule has 1 aliphatic carbocycles. The van der Waals surface area contributed by atoms with Crippen LogP contribution in [-0.4, -0.2) is 11.2 Å². The van der Waals surface area contributed by atoms with E-state index in [0.717, 1.165) is 17.2 Å². The van der Waals surface area contributed by atoms with Crippen LogP contribution in [0.2, 0.25) is 0 Å². The summed E-state index contributed by atoms with van der Waals surface area (Å²) in [4.78, 5) is 0. The summed E-state index contributed by atoms with van der Waals surface area (Å²) in [5.41, 5.74) is 2.51. The molecule has 0 atom stereocenters. The summed E-state index contributed by atoms with van der Waals surface area (Å²) in [6, 6.07) is 9.03. The minimum Gasteiger partial charge on any atom is -0.360 e. The molecule has 0 unspecified atom stereocenters. The van der Waals surface area contributed by atoms with Gasteiger partial charge in [-0.1, -0.05) is 31.5 Å². The van der Waals surface area contributed by atoms with Crippen molar-refractivity contribution in [1.82, 2.24) is 5.32 Å². The first-order chi connectivity index (χ1) is 8.29. The molecule has 0 amide bonds. The Morgan fingerprint density at radius 2 is 2.12 bits per heavy atom. The highest BCUT2D eigenvalue weighted by Gasteiger charge is 2.21. The first-order valence-electron chi connectivity index (χ1n) is 6.45. The van der Waals surface area contributed by atoms with Crippen LogP contribution in [0.1, 0.15) is 38.2 Å². The molecule has 1 aliphatic rings. The summed E-state index contributed by atoms with van der Waals surface area (Å²) in [6.07, 6.45) is 6.06. The SMILES string of the molecule is CCCCc1ccccc1NC(=S)NC1CC1. The second-order valence-electron chi connectivity index (χ2n) is 4.63. The van der Waals surface area contributed by atoms with Gasteiger partial charge in [0.2, 0.25) is 0 Å². The van der Waals surface area contributed by atoms with Gasteiger partial charge in [-0.05, 0) is 49.5 Å². The summed E-state index contributed by atoms with van der Waals surface area (Å²) >= 11 is 5.30. The second kappa shape index (κ2) is 6.01. The zero-order valence-electron chi connectivity index (χ0n) is 10.3. The monoisotopic (exact) mass is 248 g/mol. The average Bonchev–Trinajstić information content (AvgIpc) is 3.11. The Hall–Kier alpha value is -1.09. The number of rotatable bonds is 5. The fourth-order valence-electron chi connectivity index (χ4n) is 1.80. The van der Waals surface area contributed by atoms with Gasteiger partial charge in [-0.2, -0.15) is 0 Å². The molecule has 1 saturated carbocycles. The molecule has 0 aliphatic heterocycles. The molecule has 3 heteroatoms. The van der Waals surface area contributed by atoms with Crippen LogP contribution in [0.5, 0.6) is 0 Å². The molecule has 0 radical (unpaired) electrons. The summed E-state index contributed by atoms with van der Waals surface area (Å²) in [6.45, 7) is 2.22. The predicted octanol–water partition coefficient (Wildman–Crippen LogP) is 3.48. The topological polar surface area (TPSA) is 24.1 Å². The molecule has 0 aromatic heterocycles. The van der Waals surface area contributed by atoms with Gasteiger partial charge >= 0.3 is 0 Å². The number of hydrogen-bond acceptors (Lipinski definition) is 1. The molecule has 0 bridgehead atoms. The van der Waals surface area contributed by atoms with E-state index in [1.807, 2.05) is 0 Å². The van der Waals surface area contributed by atoms with Crippen LogP contribution in [0.25, 0.3) is 0 Å². The van der Waals surface area contributed by atoms with Crippen molar-refractivity contribution in [2.45, 2.75) is 45.1 Å². The van der Waals surface area contributed by atoms with Gasteiger partial charge in [0.25, 0.3) is 0 Å². The van der Waals surface area contributed by atoms with E-state index in [-0.39, 0.29) is 0 Å². The maximum atomic E-state index is 5.30. The van der Waals surface area contributed by atoms with Crippen molar-refractivity contribution in [3.63, 3.8) is 0 Å². The fraction of sp³-hybridized carbons (Fsp3) is 0.500. The van der Waals surface area contributed by atoms with Crippen molar-refractivity contribution in [2.24, 2.45) is 0 Å². The molecule has 1 aromatic carbocycles. The molecule has 0 saturated heterocycles. The highest BCUT2D eigenvalue weighted by molar-refractivity contribution is 7.80. The van der Waals surface area contributed by atoms with Crippen molar-refractivity contribution in [1.29, 1.82) is 0 Å². The van der Waals surface area contributed by atoms with E-state index < -0.39 is 0 Å². The number of hydrogen-bond donors (Lipinski definition) is 2. The Morgan fingerprint density at radius 3 is 2.82 bits per heavy atom. The standard InChI is InChI=1S/C14H20N2S/c1-2-3-6-11-7-4-5-8-13(11)16-14(17)15-12-9-10-12/h4-5,7-8,12H,2-3,6,9-10H2,1H3,(H2,15,16,17). The van der Waals surface area contributed by atoms with Gasteiger partial charge in [0.15, 0.2) is 5.11 Å². The average molecular weight is 248 g/mol. The van der Waals surface area contributed by atoms with Crippen molar-refractivity contribution < 1.29 is 0 Å². The van der Waals surface area contributed by atoms with Gasteiger partial charge < -0.3 is 10.6 Å². The Morgan fingerprint density at radius 1 is 1.35 bits per heavy atom. The molecule has 0 heterocycles. The van der Waals surface area contributed by atoms with Crippen LogP contribution in [0.4, 0.5) is 5.69 Å². The first kappa shape index (κ1) is 12.4. The maximum absolute atomic E-state index is 5.30. The third kappa shape index (κ3) is 4.00. The molecule has 2 rings (SSSR count). The Labute approximate surface area is 109 Å². The third-order valence-electron chi connectivity index (χ3n) is 2.98. The smallest absolute Gasteiger partial charge is 0.171 e. The second-order valence-corrected chi connectivity index (χ2v) is 5.04. The largest absolute Gasteiger partial charge is 0.360 e. The van der Waals surface area contributed by atoms with Gasteiger partial charge in [-0.25, -0.2) is 0 Å². The van der Waals surface area contributed by atoms with E-state index in [1.54, 1.807) is 0 Å². The summed E-state index contributed by atoms with van der Waals surface area (Å²) in [7, 11) is 0. The van der Waals surface area contributed by atoms with E-state index in [1.165, 1.54) is 31.2 Å². The molecule has 92 valence electrons. The third-order valence-corrected chi connectivity index (χ3v) is 3.20. The lowest BCUT2D eigenvalue weighted by Crippen LogP contribution is -2.30. The van der Waals surface area contributed by atoms with Crippen molar-refractivity contribution in [2.75, 3.05) is 5.32 Å². The lowest BCUT2D eigenvalue weighted by Gasteiger charge is -2.13. The number of nitrogens with one attached hydrogen (secondary N) is 2. The molecule has 17 heavy (non-hydrogen) atoms. The van der Waals surface area contributed by atoms with Gasteiger partial charge in [-0.15, -0.1) is 0 Å². The zero-order chi connectivity index (χ0) is 12.1. The number of aryl methyl sites for hydroxylation is 1. The highest BCUT2D eigenvalue weighted by atomic mass is 32.1. The van der Waals surface area contributed by atoms with Crippen LogP contribution >= 0.6 is 12.2 Å². The molecule has 0 spiro atoms. The van der Waals surface area contributed by atoms with Crippen molar-refractivity contribution in [3.8, 4) is 0 Å². The van der Waals surface area contributed by atoms with Gasteiger partial charge in [0.1, 0.15) is 0 Å². The molecule has 1 aromatic rings. The predicted molar refractivity (Wildman–Crippen MR) is 77.4 cm³/mol. The minimum absolute atomic E-state index is 0.609. The zero-order valence-corrected chi connectivity index (χ0v) is 11.1. The fourth-order valence-corrected chi connectivity index (χ4v) is 2.08. The molecular weight excluding hydrogens is 228 g/mol. The number of unbranched alkanes of at least 4 members (excludes halogenated alkanes) is 1. The van der Waals surface area contributed by atoms with Crippen LogP contribution in [0.3, 0.4) is 0 Å². The summed E-state index contributed by atoms with van der Waals surface area (Å²) in [5.74, 6) is 0. The van der Waals surface area contributed by atoms with E-state index in [4.69, 9.17) is 12.2 Å². The lowest BCUT2D eigenvalue weighted by molar-refractivity contribution is 0.796. The van der Waals surface area contributed by atoms with E-state index >= 15 is 0 Å². The summed E-state index contributed by atoms with van der Waals surface area (Å²) in [5, 5.41) is 7.38. The van der Waals surface area contributed by atoms with Gasteiger partial charge in [0, 0.05) is 11.7 Å². The van der Waals surface area contributed by atoms with Crippen LogP contribution in [0.15, 0.2) is 24.3 Å². The Balaban J connectivity index is 1.95. The summed E-state index contributed by atoms with van der Waals surface area (Å²) < 4.78 is 0. The molecule has 1 fully saturated rings. The molecular formula is C14H20N2S. The van der Waals surface area contributed by atoms with Gasteiger partial charge in [0.05, 0.1) is 0 Å². The number of para-hydroxylation sites is 1. The highest BCUT2D eigenvalue weighted by Crippen LogP contribution is 2.20. The van der Waals surface area contributed by atoms with E-state index in [0.29, 0.717) is 6.04 Å². The minimum atomic E-state index is 0.609. The number of benzene rings is 1. The number of anilines is 1. The normalized spacial score (nSPS) is 14.4.